The first kappa shape index (κ1) is 16.6. The van der Waals surface area contributed by atoms with E-state index < -0.39 is 17.9 Å². The van der Waals surface area contributed by atoms with E-state index >= 15 is 0 Å². The number of nitrogens with zero attached hydrogens (tertiary/aromatic N) is 3. The Hall–Kier alpha value is -2.77. The van der Waals surface area contributed by atoms with Gasteiger partial charge in [0.15, 0.2) is 5.82 Å². The predicted octanol–water partition coefficient (Wildman–Crippen LogP) is 1.95. The second kappa shape index (κ2) is 6.15. The first-order chi connectivity index (χ1) is 10.7. The summed E-state index contributed by atoms with van der Waals surface area (Å²) in [5.74, 6) is -0.896. The van der Waals surface area contributed by atoms with Crippen LogP contribution in [-0.2, 0) is 5.41 Å². The summed E-state index contributed by atoms with van der Waals surface area (Å²) in [7, 11) is 0. The Morgan fingerprint density at radius 1 is 1.22 bits per heavy atom. The Morgan fingerprint density at radius 3 is 2.43 bits per heavy atom. The van der Waals surface area contributed by atoms with Crippen LogP contribution < -0.4 is 5.32 Å². The van der Waals surface area contributed by atoms with Gasteiger partial charge >= 0.3 is 5.97 Å². The SMILES string of the molecule is CC(NC(=O)c1cccc(C(=O)O)n1)c1nc(C(C)(C)C)no1. The van der Waals surface area contributed by atoms with Gasteiger partial charge in [-0.15, -0.1) is 0 Å². The van der Waals surface area contributed by atoms with Crippen molar-refractivity contribution < 1.29 is 19.2 Å². The molecule has 2 heterocycles. The van der Waals surface area contributed by atoms with Gasteiger partial charge in [-0.2, -0.15) is 4.98 Å². The molecule has 2 aromatic rings. The molecule has 2 N–H and O–H groups in total. The molecule has 0 saturated heterocycles. The van der Waals surface area contributed by atoms with Gasteiger partial charge in [-0.1, -0.05) is 32.0 Å². The van der Waals surface area contributed by atoms with Crippen LogP contribution in [0.4, 0.5) is 0 Å². The fourth-order valence-corrected chi connectivity index (χ4v) is 1.73. The van der Waals surface area contributed by atoms with Crippen molar-refractivity contribution >= 4 is 11.9 Å². The summed E-state index contributed by atoms with van der Waals surface area (Å²) >= 11 is 0. The van der Waals surface area contributed by atoms with E-state index in [0.717, 1.165) is 0 Å². The van der Waals surface area contributed by atoms with Crippen molar-refractivity contribution in [3.63, 3.8) is 0 Å². The number of carbonyl (C=O) groups is 2. The molecule has 0 spiro atoms. The third-order valence-electron chi connectivity index (χ3n) is 3.03. The number of hydrogen-bond acceptors (Lipinski definition) is 6. The molecule has 0 aliphatic carbocycles. The van der Waals surface area contributed by atoms with Crippen LogP contribution in [-0.4, -0.2) is 32.1 Å². The number of rotatable bonds is 4. The molecular weight excluding hydrogens is 300 g/mol. The maximum absolute atomic E-state index is 12.2. The number of aromatic carboxylic acids is 1. The van der Waals surface area contributed by atoms with Crippen LogP contribution in [0.25, 0.3) is 0 Å². The summed E-state index contributed by atoms with van der Waals surface area (Å²) < 4.78 is 5.16. The average Bonchev–Trinajstić information content (AvgIpc) is 2.97. The second-order valence-corrected chi connectivity index (χ2v) is 6.11. The van der Waals surface area contributed by atoms with Crippen molar-refractivity contribution in [1.82, 2.24) is 20.4 Å². The van der Waals surface area contributed by atoms with E-state index in [-0.39, 0.29) is 22.7 Å². The Morgan fingerprint density at radius 2 is 1.87 bits per heavy atom. The number of carboxylic acid groups (broad SMARTS) is 1. The van der Waals surface area contributed by atoms with Gasteiger partial charge < -0.3 is 14.9 Å². The molecule has 0 bridgehead atoms. The van der Waals surface area contributed by atoms with E-state index in [9.17, 15) is 9.59 Å². The maximum Gasteiger partial charge on any atom is 0.354 e. The molecule has 0 saturated carbocycles. The van der Waals surface area contributed by atoms with Gasteiger partial charge in [0.25, 0.3) is 5.91 Å². The zero-order valence-electron chi connectivity index (χ0n) is 13.3. The monoisotopic (exact) mass is 318 g/mol. The number of amides is 1. The van der Waals surface area contributed by atoms with Crippen LogP contribution in [0.1, 0.15) is 66.4 Å². The van der Waals surface area contributed by atoms with Crippen LogP contribution in [0, 0.1) is 0 Å². The van der Waals surface area contributed by atoms with Crippen LogP contribution >= 0.6 is 0 Å². The van der Waals surface area contributed by atoms with Gasteiger partial charge in [-0.25, -0.2) is 9.78 Å². The number of hydrogen-bond donors (Lipinski definition) is 2. The van der Waals surface area contributed by atoms with E-state index in [0.29, 0.717) is 5.82 Å². The molecule has 1 atom stereocenters. The van der Waals surface area contributed by atoms with Crippen molar-refractivity contribution in [3.8, 4) is 0 Å². The molecule has 8 nitrogen and oxygen atoms in total. The molecule has 1 unspecified atom stereocenters. The van der Waals surface area contributed by atoms with Gasteiger partial charge in [-0.05, 0) is 19.1 Å². The first-order valence-electron chi connectivity index (χ1n) is 7.04. The number of carbonyl (C=O) groups excluding carboxylic acids is 1. The van der Waals surface area contributed by atoms with Crippen LogP contribution in [0.5, 0.6) is 0 Å². The normalized spacial score (nSPS) is 12.7. The minimum Gasteiger partial charge on any atom is -0.477 e. The van der Waals surface area contributed by atoms with Crippen LogP contribution in [0.15, 0.2) is 22.7 Å². The van der Waals surface area contributed by atoms with Crippen molar-refractivity contribution in [1.29, 1.82) is 0 Å². The fourth-order valence-electron chi connectivity index (χ4n) is 1.73. The zero-order valence-corrected chi connectivity index (χ0v) is 13.3. The maximum atomic E-state index is 12.2. The Balaban J connectivity index is 2.12. The third-order valence-corrected chi connectivity index (χ3v) is 3.03. The topological polar surface area (TPSA) is 118 Å². The summed E-state index contributed by atoms with van der Waals surface area (Å²) in [5.41, 5.74) is -0.450. The van der Waals surface area contributed by atoms with Crippen molar-refractivity contribution in [2.45, 2.75) is 39.2 Å². The number of carboxylic acids is 1. The summed E-state index contributed by atoms with van der Waals surface area (Å²) in [4.78, 5) is 31.1. The third kappa shape index (κ3) is 3.91. The quantitative estimate of drug-likeness (QED) is 0.884. The second-order valence-electron chi connectivity index (χ2n) is 6.11. The molecule has 2 aromatic heterocycles. The number of nitrogens with one attached hydrogen (secondary N) is 1. The lowest BCUT2D eigenvalue weighted by atomic mass is 9.96. The van der Waals surface area contributed by atoms with Gasteiger partial charge in [0.05, 0.1) is 0 Å². The zero-order chi connectivity index (χ0) is 17.2. The Kier molecular flexibility index (Phi) is 4.44. The van der Waals surface area contributed by atoms with E-state index in [1.165, 1.54) is 18.2 Å². The van der Waals surface area contributed by atoms with Crippen LogP contribution in [0.2, 0.25) is 0 Å². The summed E-state index contributed by atoms with van der Waals surface area (Å²) in [6.45, 7) is 7.55. The van der Waals surface area contributed by atoms with E-state index in [1.807, 2.05) is 20.8 Å². The van der Waals surface area contributed by atoms with Crippen molar-refractivity contribution in [2.24, 2.45) is 0 Å². The Bertz CT molecular complexity index is 733. The standard InChI is InChI=1S/C15H18N4O4/c1-8(12-18-14(19-23-12)15(2,3)4)16-11(20)9-6-5-7-10(17-9)13(21)22/h5-8H,1-4H3,(H,16,20)(H,21,22). The summed E-state index contributed by atoms with van der Waals surface area (Å²) in [6.07, 6.45) is 0. The molecule has 0 aliphatic heterocycles. The minimum absolute atomic E-state index is 0.00677. The summed E-state index contributed by atoms with van der Waals surface area (Å²) in [6, 6.07) is 3.68. The highest BCUT2D eigenvalue weighted by Gasteiger charge is 2.24. The molecule has 0 aromatic carbocycles. The predicted molar refractivity (Wildman–Crippen MR) is 80.1 cm³/mol. The molecule has 0 aliphatic rings. The highest BCUT2D eigenvalue weighted by atomic mass is 16.5. The fraction of sp³-hybridized carbons (Fsp3) is 0.400. The summed E-state index contributed by atoms with van der Waals surface area (Å²) in [5, 5.41) is 15.5. The molecule has 122 valence electrons. The molecule has 0 radical (unpaired) electrons. The minimum atomic E-state index is -1.19. The van der Waals surface area contributed by atoms with Gasteiger partial charge in [-0.3, -0.25) is 4.79 Å². The highest BCUT2D eigenvalue weighted by Crippen LogP contribution is 2.20. The van der Waals surface area contributed by atoms with Crippen LogP contribution in [0.3, 0.4) is 0 Å². The lowest BCUT2D eigenvalue weighted by molar-refractivity contribution is 0.0690. The number of pyridine rings is 1. The average molecular weight is 318 g/mol. The molecule has 2 rings (SSSR count). The van der Waals surface area contributed by atoms with Crippen molar-refractivity contribution in [2.75, 3.05) is 0 Å². The molecule has 8 heteroatoms. The van der Waals surface area contributed by atoms with Gasteiger partial charge in [0.2, 0.25) is 5.89 Å². The Labute approximate surface area is 132 Å². The first-order valence-corrected chi connectivity index (χ1v) is 7.04. The lowest BCUT2D eigenvalue weighted by Crippen LogP contribution is -2.28. The van der Waals surface area contributed by atoms with E-state index in [4.69, 9.17) is 9.63 Å². The van der Waals surface area contributed by atoms with Crippen molar-refractivity contribution in [3.05, 3.63) is 41.3 Å². The van der Waals surface area contributed by atoms with Gasteiger partial charge in [0, 0.05) is 5.41 Å². The van der Waals surface area contributed by atoms with E-state index in [1.54, 1.807) is 6.92 Å². The number of aromatic nitrogens is 3. The molecule has 1 amide bonds. The molecular formula is C15H18N4O4. The van der Waals surface area contributed by atoms with Gasteiger partial charge in [0.1, 0.15) is 17.4 Å². The molecule has 0 fully saturated rings. The largest absolute Gasteiger partial charge is 0.477 e. The molecule has 23 heavy (non-hydrogen) atoms. The van der Waals surface area contributed by atoms with E-state index in [2.05, 4.69) is 20.4 Å². The highest BCUT2D eigenvalue weighted by molar-refractivity contribution is 5.94. The lowest BCUT2D eigenvalue weighted by Gasteiger charge is -2.12. The smallest absolute Gasteiger partial charge is 0.354 e.